The average molecular weight is 338 g/mol. The first kappa shape index (κ1) is 16.8. The number of nitrogens with one attached hydrogen (secondary N) is 1. The molecular weight excluding hydrogens is 322 g/mol. The minimum Gasteiger partial charge on any atom is -0.462 e. The zero-order chi connectivity index (χ0) is 16.7. The summed E-state index contributed by atoms with van der Waals surface area (Å²) in [5, 5.41) is 6.65. The second-order valence-corrected chi connectivity index (χ2v) is 4.70. The number of carbonyl (C=O) groups excluding carboxylic acids is 2. The Kier molecular flexibility index (Phi) is 5.99. The molecule has 122 valence electrons. The topological polar surface area (TPSA) is 82.5 Å². The zero-order valence-electron chi connectivity index (χ0n) is 12.5. The summed E-state index contributed by atoms with van der Waals surface area (Å²) in [5.74, 6) is -0.229. The van der Waals surface area contributed by atoms with E-state index in [2.05, 4.69) is 10.4 Å². The fourth-order valence-electron chi connectivity index (χ4n) is 1.86. The zero-order valence-corrected chi connectivity index (χ0v) is 13.2. The van der Waals surface area contributed by atoms with Crippen molar-refractivity contribution in [1.82, 2.24) is 9.78 Å². The van der Waals surface area contributed by atoms with E-state index in [1.807, 2.05) is 18.2 Å². The number of para-hydroxylation sites is 1. The van der Waals surface area contributed by atoms with Crippen LogP contribution in [-0.2, 0) is 9.47 Å². The van der Waals surface area contributed by atoms with E-state index in [9.17, 15) is 9.59 Å². The molecule has 0 aliphatic rings. The highest BCUT2D eigenvalue weighted by Crippen LogP contribution is 2.21. The summed E-state index contributed by atoms with van der Waals surface area (Å²) < 4.78 is 11.3. The number of carbonyl (C=O) groups is 2. The molecule has 2 aromatic rings. The monoisotopic (exact) mass is 337 g/mol. The normalized spacial score (nSPS) is 10.2. The summed E-state index contributed by atoms with van der Waals surface area (Å²) >= 11 is 5.48. The van der Waals surface area contributed by atoms with Gasteiger partial charge in [-0.1, -0.05) is 18.2 Å². The first-order valence-corrected chi connectivity index (χ1v) is 7.51. The van der Waals surface area contributed by atoms with Gasteiger partial charge in [0.15, 0.2) is 5.82 Å². The first-order chi connectivity index (χ1) is 11.2. The second kappa shape index (κ2) is 8.19. The number of hydrogen-bond donors (Lipinski definition) is 1. The van der Waals surface area contributed by atoms with Crippen molar-refractivity contribution >= 4 is 29.5 Å². The van der Waals surface area contributed by atoms with Gasteiger partial charge in [-0.05, 0) is 19.1 Å². The van der Waals surface area contributed by atoms with Crippen LogP contribution in [0.5, 0.6) is 0 Å². The van der Waals surface area contributed by atoms with Crippen molar-refractivity contribution in [2.24, 2.45) is 0 Å². The predicted molar refractivity (Wildman–Crippen MR) is 85.2 cm³/mol. The van der Waals surface area contributed by atoms with Gasteiger partial charge in [-0.15, -0.1) is 11.6 Å². The van der Waals surface area contributed by atoms with Crippen LogP contribution in [0, 0.1) is 0 Å². The van der Waals surface area contributed by atoms with Crippen LogP contribution in [0.1, 0.15) is 17.3 Å². The quantitative estimate of drug-likeness (QED) is 0.647. The maximum Gasteiger partial charge on any atom is 0.412 e. The Morgan fingerprint density at radius 2 is 2.00 bits per heavy atom. The van der Waals surface area contributed by atoms with Crippen LogP contribution in [0.15, 0.2) is 36.5 Å². The Morgan fingerprint density at radius 1 is 1.26 bits per heavy atom. The maximum absolute atomic E-state index is 12.0. The average Bonchev–Trinajstić information content (AvgIpc) is 2.97. The molecule has 1 heterocycles. The van der Waals surface area contributed by atoms with E-state index in [0.717, 1.165) is 0 Å². The van der Waals surface area contributed by atoms with E-state index in [1.54, 1.807) is 19.1 Å². The SMILES string of the molecule is CCOC(=O)c1cnn(-c2ccccc2)c1NC(=O)OCCCl. The van der Waals surface area contributed by atoms with Gasteiger partial charge in [0, 0.05) is 0 Å². The molecule has 0 radical (unpaired) electrons. The summed E-state index contributed by atoms with van der Waals surface area (Å²) in [6, 6.07) is 9.06. The Labute approximate surface area is 138 Å². The standard InChI is InChI=1S/C15H16ClN3O4/c1-2-22-14(20)12-10-17-19(11-6-4-3-5-7-11)13(12)18-15(21)23-9-8-16/h3-7,10H,2,8-9H2,1H3,(H,18,21). The van der Waals surface area contributed by atoms with E-state index in [0.29, 0.717) is 5.69 Å². The number of alkyl halides is 1. The molecule has 0 bridgehead atoms. The first-order valence-electron chi connectivity index (χ1n) is 6.97. The number of rotatable bonds is 6. The summed E-state index contributed by atoms with van der Waals surface area (Å²) in [6.07, 6.45) is 0.608. The number of nitrogens with zero attached hydrogens (tertiary/aromatic N) is 2. The van der Waals surface area contributed by atoms with Crippen molar-refractivity contribution < 1.29 is 19.1 Å². The molecule has 1 aromatic heterocycles. The van der Waals surface area contributed by atoms with Gasteiger partial charge >= 0.3 is 12.1 Å². The lowest BCUT2D eigenvalue weighted by Crippen LogP contribution is -2.19. The predicted octanol–water partition coefficient (Wildman–Crippen LogP) is 2.84. The van der Waals surface area contributed by atoms with Crippen molar-refractivity contribution in [3.05, 3.63) is 42.1 Å². The third-order valence-corrected chi connectivity index (χ3v) is 2.95. The third-order valence-electron chi connectivity index (χ3n) is 2.80. The van der Waals surface area contributed by atoms with Crippen LogP contribution in [0.3, 0.4) is 0 Å². The Balaban J connectivity index is 2.35. The number of esters is 1. The molecule has 1 N–H and O–H groups in total. The number of hydrogen-bond acceptors (Lipinski definition) is 5. The van der Waals surface area contributed by atoms with Gasteiger partial charge in [-0.3, -0.25) is 5.32 Å². The highest BCUT2D eigenvalue weighted by atomic mass is 35.5. The molecule has 0 saturated carbocycles. The summed E-state index contributed by atoms with van der Waals surface area (Å²) in [6.45, 7) is 1.97. The minimum atomic E-state index is -0.728. The van der Waals surface area contributed by atoms with Gasteiger partial charge in [0.05, 0.1) is 24.4 Å². The number of anilines is 1. The number of ether oxygens (including phenoxy) is 2. The van der Waals surface area contributed by atoms with E-state index in [-0.39, 0.29) is 30.5 Å². The van der Waals surface area contributed by atoms with Crippen molar-refractivity contribution in [3.63, 3.8) is 0 Å². The highest BCUT2D eigenvalue weighted by molar-refractivity contribution is 6.18. The summed E-state index contributed by atoms with van der Waals surface area (Å²) in [4.78, 5) is 23.8. The summed E-state index contributed by atoms with van der Waals surface area (Å²) in [7, 11) is 0. The van der Waals surface area contributed by atoms with E-state index < -0.39 is 12.1 Å². The molecule has 8 heteroatoms. The van der Waals surface area contributed by atoms with Crippen LogP contribution in [0.25, 0.3) is 5.69 Å². The van der Waals surface area contributed by atoms with Gasteiger partial charge < -0.3 is 9.47 Å². The molecule has 23 heavy (non-hydrogen) atoms. The molecule has 0 spiro atoms. The van der Waals surface area contributed by atoms with Crippen LogP contribution >= 0.6 is 11.6 Å². The van der Waals surface area contributed by atoms with Crippen LogP contribution in [0.4, 0.5) is 10.6 Å². The Hall–Kier alpha value is -2.54. The molecule has 2 rings (SSSR count). The molecule has 7 nitrogen and oxygen atoms in total. The number of amides is 1. The van der Waals surface area contributed by atoms with Gasteiger partial charge in [0.2, 0.25) is 0 Å². The van der Waals surface area contributed by atoms with E-state index in [1.165, 1.54) is 10.9 Å². The molecule has 0 saturated heterocycles. The highest BCUT2D eigenvalue weighted by Gasteiger charge is 2.21. The number of halogens is 1. The van der Waals surface area contributed by atoms with Gasteiger partial charge in [0.1, 0.15) is 12.2 Å². The number of benzene rings is 1. The lowest BCUT2D eigenvalue weighted by Gasteiger charge is -2.11. The Bertz CT molecular complexity index is 673. The molecule has 0 atom stereocenters. The lowest BCUT2D eigenvalue weighted by molar-refractivity contribution is 0.0527. The molecule has 0 fully saturated rings. The molecule has 0 unspecified atom stereocenters. The largest absolute Gasteiger partial charge is 0.462 e. The molecule has 1 amide bonds. The van der Waals surface area contributed by atoms with Gasteiger partial charge in [-0.2, -0.15) is 5.10 Å². The fourth-order valence-corrected chi connectivity index (χ4v) is 1.93. The summed E-state index contributed by atoms with van der Waals surface area (Å²) in [5.41, 5.74) is 0.814. The molecule has 1 aromatic carbocycles. The van der Waals surface area contributed by atoms with Crippen molar-refractivity contribution in [1.29, 1.82) is 0 Å². The van der Waals surface area contributed by atoms with Gasteiger partial charge in [0.25, 0.3) is 0 Å². The van der Waals surface area contributed by atoms with Gasteiger partial charge in [-0.25, -0.2) is 14.3 Å². The van der Waals surface area contributed by atoms with Crippen molar-refractivity contribution in [3.8, 4) is 5.69 Å². The molecular formula is C15H16ClN3O4. The molecule has 0 aliphatic carbocycles. The van der Waals surface area contributed by atoms with Crippen LogP contribution in [-0.4, -0.2) is 40.9 Å². The molecule has 0 aliphatic heterocycles. The minimum absolute atomic E-state index is 0.0571. The second-order valence-electron chi connectivity index (χ2n) is 4.32. The smallest absolute Gasteiger partial charge is 0.412 e. The van der Waals surface area contributed by atoms with E-state index in [4.69, 9.17) is 21.1 Å². The van der Waals surface area contributed by atoms with E-state index >= 15 is 0 Å². The maximum atomic E-state index is 12.0. The lowest BCUT2D eigenvalue weighted by atomic mass is 10.3. The Morgan fingerprint density at radius 3 is 2.65 bits per heavy atom. The van der Waals surface area contributed by atoms with Crippen molar-refractivity contribution in [2.75, 3.05) is 24.4 Å². The van der Waals surface area contributed by atoms with Crippen molar-refractivity contribution in [2.45, 2.75) is 6.92 Å². The van der Waals surface area contributed by atoms with Crippen LogP contribution < -0.4 is 5.32 Å². The third kappa shape index (κ3) is 4.23. The fraction of sp³-hybridized carbons (Fsp3) is 0.267. The van der Waals surface area contributed by atoms with Crippen LogP contribution in [0.2, 0.25) is 0 Å². The number of aromatic nitrogens is 2.